The number of aromatic nitrogens is 1. The number of likely N-dealkylation sites (tertiary alicyclic amines) is 1. The van der Waals surface area contributed by atoms with Gasteiger partial charge < -0.3 is 9.64 Å². The van der Waals surface area contributed by atoms with Crippen LogP contribution in [-0.2, 0) is 9.59 Å². The first-order valence-electron chi connectivity index (χ1n) is 9.12. The third-order valence-electron chi connectivity index (χ3n) is 5.12. The molecule has 0 radical (unpaired) electrons. The van der Waals surface area contributed by atoms with Gasteiger partial charge in [-0.1, -0.05) is 30.1 Å². The molecule has 0 N–H and O–H groups in total. The highest BCUT2D eigenvalue weighted by molar-refractivity contribution is 6.35. The fraction of sp³-hybridized carbons (Fsp3) is 0.350. The van der Waals surface area contributed by atoms with E-state index in [1.165, 1.54) is 4.90 Å². The van der Waals surface area contributed by atoms with Crippen LogP contribution < -0.4 is 9.64 Å². The summed E-state index contributed by atoms with van der Waals surface area (Å²) in [5.41, 5.74) is 1.56. The summed E-state index contributed by atoms with van der Waals surface area (Å²) in [5.74, 6) is 1.02. The molecule has 1 saturated heterocycles. The summed E-state index contributed by atoms with van der Waals surface area (Å²) in [4.78, 5) is 32.4. The fourth-order valence-electron chi connectivity index (χ4n) is 3.39. The number of ether oxygens (including phenoxy) is 1. The molecule has 0 unspecified atom stereocenters. The molecule has 4 rings (SSSR count). The number of pyridine rings is 1. The van der Waals surface area contributed by atoms with Gasteiger partial charge in [-0.05, 0) is 42.2 Å². The van der Waals surface area contributed by atoms with Crippen LogP contribution in [0, 0.1) is 5.92 Å². The van der Waals surface area contributed by atoms with Gasteiger partial charge in [-0.3, -0.25) is 14.5 Å². The zero-order valence-electron chi connectivity index (χ0n) is 15.3. The number of halogens is 2. The fourth-order valence-corrected chi connectivity index (χ4v) is 3.92. The molecule has 1 aromatic carbocycles. The molecule has 0 atom stereocenters. The van der Waals surface area contributed by atoms with E-state index in [0.29, 0.717) is 27.5 Å². The number of carbonyl (C=O) groups is 2. The second kappa shape index (κ2) is 7.60. The van der Waals surface area contributed by atoms with Crippen LogP contribution in [0.3, 0.4) is 0 Å². The number of benzene rings is 1. The lowest BCUT2D eigenvalue weighted by atomic mass is 9.97. The lowest BCUT2D eigenvalue weighted by Gasteiger charge is -2.40. The monoisotopic (exact) mass is 419 g/mol. The minimum Gasteiger partial charge on any atom is -0.480 e. The maximum Gasteiger partial charge on any atom is 0.266 e. The predicted molar refractivity (Wildman–Crippen MR) is 108 cm³/mol. The number of hydrogen-bond donors (Lipinski definition) is 0. The van der Waals surface area contributed by atoms with E-state index in [-0.39, 0.29) is 25.0 Å². The number of rotatable bonds is 4. The van der Waals surface area contributed by atoms with E-state index in [4.69, 9.17) is 27.9 Å². The third kappa shape index (κ3) is 3.66. The highest BCUT2D eigenvalue weighted by Gasteiger charge is 2.34. The molecule has 2 aromatic rings. The first-order valence-corrected chi connectivity index (χ1v) is 9.87. The number of nitrogens with zero attached hydrogens (tertiary/aromatic N) is 3. The summed E-state index contributed by atoms with van der Waals surface area (Å²) in [5, 5.41) is 1.03. The van der Waals surface area contributed by atoms with E-state index in [9.17, 15) is 9.59 Å². The quantitative estimate of drug-likeness (QED) is 0.758. The van der Waals surface area contributed by atoms with Gasteiger partial charge in [0, 0.05) is 34.9 Å². The van der Waals surface area contributed by atoms with E-state index in [0.717, 1.165) is 30.6 Å². The van der Waals surface area contributed by atoms with Crippen molar-refractivity contribution in [1.82, 2.24) is 9.88 Å². The van der Waals surface area contributed by atoms with Gasteiger partial charge in [0.15, 0.2) is 18.2 Å². The summed E-state index contributed by atoms with van der Waals surface area (Å²) >= 11 is 12.2. The Bertz CT molecular complexity index is 924. The van der Waals surface area contributed by atoms with Crippen LogP contribution in [0.15, 0.2) is 30.5 Å². The van der Waals surface area contributed by atoms with Gasteiger partial charge in [0.1, 0.15) is 6.54 Å². The van der Waals surface area contributed by atoms with Crippen molar-refractivity contribution in [3.63, 3.8) is 0 Å². The first kappa shape index (κ1) is 19.0. The number of amides is 2. The van der Waals surface area contributed by atoms with E-state index in [1.807, 2.05) is 0 Å². The molecular weight excluding hydrogens is 401 g/mol. The van der Waals surface area contributed by atoms with Crippen molar-refractivity contribution in [2.75, 3.05) is 31.1 Å². The molecule has 0 aliphatic carbocycles. The molecule has 28 heavy (non-hydrogen) atoms. The Hall–Kier alpha value is -2.31. The standard InChI is InChI=1S/C20H19Cl2N3O3/c1-2-12-8-24(9-12)18(26)10-25-19(27)11-28-17-5-14(7-23-20(17)25)13-3-15(21)6-16(22)4-13/h3-7,12H,2,8-11H2,1H3. The number of carbonyl (C=O) groups excluding carboxylic acids is 2. The molecule has 146 valence electrons. The summed E-state index contributed by atoms with van der Waals surface area (Å²) in [6.07, 6.45) is 2.68. The molecular formula is C20H19Cl2N3O3. The third-order valence-corrected chi connectivity index (χ3v) is 5.55. The van der Waals surface area contributed by atoms with Crippen LogP contribution in [-0.4, -0.2) is 47.9 Å². The molecule has 6 nitrogen and oxygen atoms in total. The minimum atomic E-state index is -0.278. The SMILES string of the molecule is CCC1CN(C(=O)CN2C(=O)COc3cc(-c4cc(Cl)cc(Cl)c4)cnc32)C1. The number of anilines is 1. The summed E-state index contributed by atoms with van der Waals surface area (Å²) in [7, 11) is 0. The smallest absolute Gasteiger partial charge is 0.266 e. The second-order valence-electron chi connectivity index (χ2n) is 7.05. The summed E-state index contributed by atoms with van der Waals surface area (Å²) in [6, 6.07) is 6.99. The lowest BCUT2D eigenvalue weighted by molar-refractivity contribution is -0.137. The molecule has 2 aliphatic rings. The van der Waals surface area contributed by atoms with Crippen molar-refractivity contribution in [2.45, 2.75) is 13.3 Å². The van der Waals surface area contributed by atoms with Crippen molar-refractivity contribution in [3.8, 4) is 16.9 Å². The second-order valence-corrected chi connectivity index (χ2v) is 7.92. The van der Waals surface area contributed by atoms with Crippen molar-refractivity contribution in [2.24, 2.45) is 5.92 Å². The molecule has 8 heteroatoms. The molecule has 0 bridgehead atoms. The topological polar surface area (TPSA) is 62.7 Å². The van der Waals surface area contributed by atoms with Gasteiger partial charge in [-0.25, -0.2) is 4.98 Å². The molecule has 1 fully saturated rings. The Labute approximate surface area is 173 Å². The van der Waals surface area contributed by atoms with Gasteiger partial charge in [0.05, 0.1) is 0 Å². The van der Waals surface area contributed by atoms with Crippen LogP contribution in [0.2, 0.25) is 10.0 Å². The van der Waals surface area contributed by atoms with Crippen LogP contribution in [0.5, 0.6) is 5.75 Å². The van der Waals surface area contributed by atoms with Crippen LogP contribution in [0.1, 0.15) is 13.3 Å². The molecule has 2 aliphatic heterocycles. The highest BCUT2D eigenvalue weighted by Crippen LogP contribution is 2.35. The summed E-state index contributed by atoms with van der Waals surface area (Å²) < 4.78 is 5.56. The average molecular weight is 420 g/mol. The van der Waals surface area contributed by atoms with Crippen molar-refractivity contribution >= 4 is 40.8 Å². The van der Waals surface area contributed by atoms with Gasteiger partial charge in [-0.2, -0.15) is 0 Å². The van der Waals surface area contributed by atoms with E-state index >= 15 is 0 Å². The van der Waals surface area contributed by atoms with Gasteiger partial charge in [-0.15, -0.1) is 0 Å². The molecule has 3 heterocycles. The Balaban J connectivity index is 1.57. The zero-order chi connectivity index (χ0) is 19.8. The maximum absolute atomic E-state index is 12.5. The Morgan fingerprint density at radius 2 is 1.89 bits per heavy atom. The van der Waals surface area contributed by atoms with E-state index in [2.05, 4.69) is 11.9 Å². The number of fused-ring (bicyclic) bond motifs is 1. The van der Waals surface area contributed by atoms with Crippen LogP contribution in [0.4, 0.5) is 5.82 Å². The van der Waals surface area contributed by atoms with Gasteiger partial charge in [0.25, 0.3) is 5.91 Å². The highest BCUT2D eigenvalue weighted by atomic mass is 35.5. The summed E-state index contributed by atoms with van der Waals surface area (Å²) in [6.45, 7) is 3.47. The Morgan fingerprint density at radius 1 is 1.18 bits per heavy atom. The Morgan fingerprint density at radius 3 is 2.57 bits per heavy atom. The molecule has 0 saturated carbocycles. The minimum absolute atomic E-state index is 0.0268. The predicted octanol–water partition coefficient (Wildman–Crippen LogP) is 3.65. The molecule has 2 amide bonds. The Kier molecular flexibility index (Phi) is 5.17. The average Bonchev–Trinajstić information content (AvgIpc) is 2.62. The molecule has 1 aromatic heterocycles. The van der Waals surface area contributed by atoms with E-state index < -0.39 is 0 Å². The van der Waals surface area contributed by atoms with E-state index in [1.54, 1.807) is 35.4 Å². The van der Waals surface area contributed by atoms with Crippen molar-refractivity contribution in [3.05, 3.63) is 40.5 Å². The normalized spacial score (nSPS) is 16.5. The van der Waals surface area contributed by atoms with Crippen molar-refractivity contribution in [1.29, 1.82) is 0 Å². The molecule has 0 spiro atoms. The van der Waals surface area contributed by atoms with Gasteiger partial charge >= 0.3 is 0 Å². The maximum atomic E-state index is 12.5. The first-order chi connectivity index (χ1) is 13.4. The van der Waals surface area contributed by atoms with Crippen LogP contribution >= 0.6 is 23.2 Å². The van der Waals surface area contributed by atoms with Crippen molar-refractivity contribution < 1.29 is 14.3 Å². The zero-order valence-corrected chi connectivity index (χ0v) is 16.8. The largest absolute Gasteiger partial charge is 0.480 e. The van der Waals surface area contributed by atoms with Gasteiger partial charge in [0.2, 0.25) is 5.91 Å². The van der Waals surface area contributed by atoms with Crippen LogP contribution in [0.25, 0.3) is 11.1 Å². The number of hydrogen-bond acceptors (Lipinski definition) is 4. The lowest BCUT2D eigenvalue weighted by Crippen LogP contribution is -2.54.